The molecule has 0 atom stereocenters. The monoisotopic (exact) mass is 241 g/mol. The van der Waals surface area contributed by atoms with Gasteiger partial charge in [-0.3, -0.25) is 4.57 Å². The highest BCUT2D eigenvalue weighted by Crippen LogP contribution is 2.23. The molecule has 72 valence electrons. The van der Waals surface area contributed by atoms with Gasteiger partial charge >= 0.3 is 0 Å². The Labute approximate surface area is 96.6 Å². The molecule has 0 aliphatic rings. The predicted octanol–water partition coefficient (Wildman–Crippen LogP) is 4.23. The van der Waals surface area contributed by atoms with Crippen LogP contribution in [0.2, 0.25) is 5.02 Å². The summed E-state index contributed by atoms with van der Waals surface area (Å²) in [6, 6.07) is 7.71. The molecule has 0 saturated carbocycles. The van der Waals surface area contributed by atoms with Gasteiger partial charge in [0.1, 0.15) is 0 Å². The molecule has 0 bridgehead atoms. The molecule has 14 heavy (non-hydrogen) atoms. The van der Waals surface area contributed by atoms with Crippen LogP contribution in [-0.4, -0.2) is 4.57 Å². The average Bonchev–Trinajstić information content (AvgIpc) is 2.48. The second-order valence-electron chi connectivity index (χ2n) is 2.93. The molecule has 0 radical (unpaired) electrons. The Morgan fingerprint density at radius 1 is 1.36 bits per heavy atom. The summed E-state index contributed by atoms with van der Waals surface area (Å²) < 4.78 is 2.82. The maximum absolute atomic E-state index is 6.10. The van der Waals surface area contributed by atoms with Crippen LogP contribution in [-0.2, 0) is 0 Å². The van der Waals surface area contributed by atoms with Crippen LogP contribution in [0.1, 0.15) is 5.69 Å². The lowest BCUT2D eigenvalue weighted by atomic mass is 10.3. The van der Waals surface area contributed by atoms with Crippen LogP contribution in [0.15, 0.2) is 29.6 Å². The molecule has 4 heteroatoms. The molecule has 0 fully saturated rings. The minimum absolute atomic E-state index is 0.727. The summed E-state index contributed by atoms with van der Waals surface area (Å²) in [5, 5.41) is 2.76. The van der Waals surface area contributed by atoms with Crippen LogP contribution in [0.4, 0.5) is 0 Å². The van der Waals surface area contributed by atoms with Gasteiger partial charge in [-0.15, -0.1) is 11.3 Å². The third-order valence-corrected chi connectivity index (χ3v) is 3.59. The van der Waals surface area contributed by atoms with Gasteiger partial charge in [0.2, 0.25) is 0 Å². The molecule has 0 amide bonds. The number of nitrogens with zero attached hydrogens (tertiary/aromatic N) is 1. The van der Waals surface area contributed by atoms with Gasteiger partial charge in [-0.2, -0.15) is 0 Å². The van der Waals surface area contributed by atoms with Crippen molar-refractivity contribution in [2.45, 2.75) is 6.92 Å². The first-order chi connectivity index (χ1) is 6.70. The van der Waals surface area contributed by atoms with Gasteiger partial charge in [0.25, 0.3) is 0 Å². The van der Waals surface area contributed by atoms with Crippen molar-refractivity contribution >= 4 is 35.2 Å². The summed E-state index contributed by atoms with van der Waals surface area (Å²) >= 11 is 12.9. The van der Waals surface area contributed by atoms with Crippen molar-refractivity contribution in [3.8, 4) is 5.69 Å². The molecule has 0 N–H and O–H groups in total. The van der Waals surface area contributed by atoms with E-state index in [1.54, 1.807) is 11.3 Å². The van der Waals surface area contributed by atoms with E-state index in [4.69, 9.17) is 23.8 Å². The van der Waals surface area contributed by atoms with Crippen LogP contribution < -0.4 is 0 Å². The van der Waals surface area contributed by atoms with E-state index < -0.39 is 0 Å². The lowest BCUT2D eigenvalue weighted by Gasteiger charge is -2.06. The van der Waals surface area contributed by atoms with Crippen molar-refractivity contribution in [1.29, 1.82) is 0 Å². The number of aryl methyl sites for hydroxylation is 1. The van der Waals surface area contributed by atoms with E-state index in [1.807, 2.05) is 41.1 Å². The Kier molecular flexibility index (Phi) is 2.72. The number of hydrogen-bond donors (Lipinski definition) is 0. The van der Waals surface area contributed by atoms with Crippen LogP contribution in [0.25, 0.3) is 5.69 Å². The molecule has 1 aromatic carbocycles. The van der Waals surface area contributed by atoms with Crippen LogP contribution in [0.3, 0.4) is 0 Å². The number of thiazole rings is 1. The fourth-order valence-corrected chi connectivity index (χ4v) is 2.64. The lowest BCUT2D eigenvalue weighted by Crippen LogP contribution is -1.96. The topological polar surface area (TPSA) is 4.93 Å². The van der Waals surface area contributed by atoms with Gasteiger partial charge in [-0.25, -0.2) is 0 Å². The van der Waals surface area contributed by atoms with Crippen molar-refractivity contribution in [2.24, 2.45) is 0 Å². The second-order valence-corrected chi connectivity index (χ2v) is 4.84. The third kappa shape index (κ3) is 1.63. The maximum Gasteiger partial charge on any atom is 0.165 e. The van der Waals surface area contributed by atoms with Crippen molar-refractivity contribution in [2.75, 3.05) is 0 Å². The van der Waals surface area contributed by atoms with Crippen molar-refractivity contribution in [3.05, 3.63) is 44.3 Å². The number of aromatic nitrogens is 1. The number of benzene rings is 1. The zero-order valence-electron chi connectivity index (χ0n) is 7.53. The number of para-hydroxylation sites is 1. The predicted molar refractivity (Wildman–Crippen MR) is 64.2 cm³/mol. The Morgan fingerprint density at radius 2 is 2.07 bits per heavy atom. The van der Waals surface area contributed by atoms with E-state index in [1.165, 1.54) is 0 Å². The van der Waals surface area contributed by atoms with Gasteiger partial charge in [-0.05, 0) is 31.3 Å². The Morgan fingerprint density at radius 3 is 2.64 bits per heavy atom. The molecule has 1 aromatic heterocycles. The SMILES string of the molecule is Cc1csc(=S)n1-c1ccccc1Cl. The molecule has 0 saturated heterocycles. The lowest BCUT2D eigenvalue weighted by molar-refractivity contribution is 1.01. The van der Waals surface area contributed by atoms with Gasteiger partial charge in [0, 0.05) is 11.1 Å². The first kappa shape index (κ1) is 9.90. The summed E-state index contributed by atoms with van der Waals surface area (Å²) in [5.41, 5.74) is 2.08. The minimum atomic E-state index is 0.727. The smallest absolute Gasteiger partial charge is 0.165 e. The standard InChI is InChI=1S/C10H8ClNS2/c1-7-6-14-10(13)12(7)9-5-3-2-4-8(9)11/h2-6H,1H3. The van der Waals surface area contributed by atoms with E-state index in [2.05, 4.69) is 0 Å². The molecule has 0 spiro atoms. The molecule has 0 aliphatic heterocycles. The largest absolute Gasteiger partial charge is 0.295 e. The second kappa shape index (κ2) is 3.85. The van der Waals surface area contributed by atoms with Crippen molar-refractivity contribution < 1.29 is 0 Å². The highest BCUT2D eigenvalue weighted by Gasteiger charge is 2.05. The Bertz CT molecular complexity index is 513. The normalized spacial score (nSPS) is 10.4. The zero-order chi connectivity index (χ0) is 10.1. The van der Waals surface area contributed by atoms with Crippen LogP contribution >= 0.6 is 35.2 Å². The van der Waals surface area contributed by atoms with E-state index in [0.29, 0.717) is 0 Å². The summed E-state index contributed by atoms with van der Waals surface area (Å²) in [4.78, 5) is 0. The molecule has 0 aliphatic carbocycles. The van der Waals surface area contributed by atoms with Crippen molar-refractivity contribution in [3.63, 3.8) is 0 Å². The molecule has 2 rings (SSSR count). The van der Waals surface area contributed by atoms with E-state index in [0.717, 1.165) is 20.4 Å². The first-order valence-corrected chi connectivity index (χ1v) is 5.79. The summed E-state index contributed by atoms with van der Waals surface area (Å²) in [7, 11) is 0. The fraction of sp³-hybridized carbons (Fsp3) is 0.100. The van der Waals surface area contributed by atoms with Gasteiger partial charge in [-0.1, -0.05) is 23.7 Å². The maximum atomic E-state index is 6.10. The molecule has 1 heterocycles. The third-order valence-electron chi connectivity index (χ3n) is 1.96. The number of rotatable bonds is 1. The molecule has 0 unspecified atom stereocenters. The van der Waals surface area contributed by atoms with Crippen molar-refractivity contribution in [1.82, 2.24) is 4.57 Å². The van der Waals surface area contributed by atoms with Crippen LogP contribution in [0, 0.1) is 10.9 Å². The molecular weight excluding hydrogens is 234 g/mol. The summed E-state index contributed by atoms with van der Waals surface area (Å²) in [6.45, 7) is 2.02. The van der Waals surface area contributed by atoms with E-state index in [-0.39, 0.29) is 0 Å². The van der Waals surface area contributed by atoms with E-state index in [9.17, 15) is 0 Å². The number of halogens is 1. The highest BCUT2D eigenvalue weighted by atomic mass is 35.5. The van der Waals surface area contributed by atoms with Gasteiger partial charge < -0.3 is 0 Å². The number of hydrogen-bond acceptors (Lipinski definition) is 2. The first-order valence-electron chi connectivity index (χ1n) is 4.12. The Hall–Kier alpha value is -0.640. The Balaban J connectivity index is 2.72. The molecular formula is C10H8ClNS2. The highest BCUT2D eigenvalue weighted by molar-refractivity contribution is 7.73. The zero-order valence-corrected chi connectivity index (χ0v) is 9.92. The summed E-state index contributed by atoms with van der Waals surface area (Å²) in [5.74, 6) is 0. The fourth-order valence-electron chi connectivity index (χ4n) is 1.31. The quantitative estimate of drug-likeness (QED) is 0.677. The minimum Gasteiger partial charge on any atom is -0.295 e. The van der Waals surface area contributed by atoms with Gasteiger partial charge in [0.15, 0.2) is 3.95 Å². The van der Waals surface area contributed by atoms with Crippen LogP contribution in [0.5, 0.6) is 0 Å². The average molecular weight is 242 g/mol. The van der Waals surface area contributed by atoms with E-state index >= 15 is 0 Å². The summed E-state index contributed by atoms with van der Waals surface area (Å²) in [6.07, 6.45) is 0. The molecule has 2 aromatic rings. The van der Waals surface area contributed by atoms with Gasteiger partial charge in [0.05, 0.1) is 10.7 Å². The molecule has 1 nitrogen and oxygen atoms in total.